The first-order valence-corrected chi connectivity index (χ1v) is 10.6. The Morgan fingerprint density at radius 2 is 1.55 bits per heavy atom. The van der Waals surface area contributed by atoms with Crippen LogP contribution in [-0.2, 0) is 10.0 Å². The van der Waals surface area contributed by atoms with Crippen LogP contribution in [0, 0.1) is 0 Å². The van der Waals surface area contributed by atoms with Crippen LogP contribution in [0.4, 0.5) is 11.4 Å². The third-order valence-electron chi connectivity index (χ3n) is 4.26. The van der Waals surface area contributed by atoms with E-state index in [1.54, 1.807) is 12.1 Å². The third kappa shape index (κ3) is 5.36. The van der Waals surface area contributed by atoms with Crippen molar-refractivity contribution >= 4 is 27.6 Å². The van der Waals surface area contributed by atoms with E-state index in [-0.39, 0.29) is 4.90 Å². The zero-order valence-corrected chi connectivity index (χ0v) is 17.1. The Kier molecular flexibility index (Phi) is 6.51. The zero-order valence-electron chi connectivity index (χ0n) is 16.3. The molecule has 0 radical (unpaired) electrons. The molecule has 0 aliphatic rings. The van der Waals surface area contributed by atoms with Crippen molar-refractivity contribution in [3.05, 3.63) is 84.4 Å². The summed E-state index contributed by atoms with van der Waals surface area (Å²) in [5.41, 5.74) is 2.88. The largest absolute Gasteiger partial charge is 0.494 e. The summed E-state index contributed by atoms with van der Waals surface area (Å²) in [6, 6.07) is 23.9. The number of nitrogens with one attached hydrogen (secondary N) is 1. The lowest BCUT2D eigenvalue weighted by Gasteiger charge is -2.19. The van der Waals surface area contributed by atoms with E-state index in [4.69, 9.17) is 4.74 Å². The van der Waals surface area contributed by atoms with Crippen molar-refractivity contribution in [2.45, 2.75) is 11.8 Å². The average Bonchev–Trinajstić information content (AvgIpc) is 2.75. The normalized spacial score (nSPS) is 11.4. The number of rotatable bonds is 8. The van der Waals surface area contributed by atoms with E-state index in [1.165, 1.54) is 18.3 Å². The first-order chi connectivity index (χ1) is 14.0. The van der Waals surface area contributed by atoms with E-state index in [2.05, 4.69) is 14.8 Å². The van der Waals surface area contributed by atoms with Crippen molar-refractivity contribution in [1.29, 1.82) is 0 Å². The topological polar surface area (TPSA) is 71.0 Å². The summed E-state index contributed by atoms with van der Waals surface area (Å²) in [7, 11) is -1.74. The van der Waals surface area contributed by atoms with Gasteiger partial charge in [0, 0.05) is 18.4 Å². The molecule has 0 aromatic heterocycles. The number of sulfonamides is 1. The molecule has 0 saturated carbocycles. The number of hydrogen-bond donors (Lipinski definition) is 1. The lowest BCUT2D eigenvalue weighted by molar-refractivity contribution is 0.340. The minimum absolute atomic E-state index is 0.123. The molecule has 0 amide bonds. The van der Waals surface area contributed by atoms with E-state index in [0.717, 1.165) is 16.9 Å². The highest BCUT2D eigenvalue weighted by molar-refractivity contribution is 7.89. The van der Waals surface area contributed by atoms with Crippen LogP contribution < -0.4 is 14.5 Å². The van der Waals surface area contributed by atoms with Crippen molar-refractivity contribution in [3.63, 3.8) is 0 Å². The molecule has 150 valence electrons. The average molecular weight is 410 g/mol. The standard InChI is InChI=1S/C22H23N3O3S/c1-3-28-21-13-15-22(16-14-21)29(26,27)24-23-17-18-9-11-20(12-10-18)25(2)19-7-5-4-6-8-19/h4-17,24H,3H2,1-2H3. The van der Waals surface area contributed by atoms with Gasteiger partial charge in [-0.3, -0.25) is 0 Å². The van der Waals surface area contributed by atoms with Gasteiger partial charge in [0.1, 0.15) is 5.75 Å². The maximum Gasteiger partial charge on any atom is 0.276 e. The summed E-state index contributed by atoms with van der Waals surface area (Å²) < 4.78 is 30.0. The predicted molar refractivity (Wildman–Crippen MR) is 116 cm³/mol. The van der Waals surface area contributed by atoms with Gasteiger partial charge in [-0.25, -0.2) is 4.83 Å². The zero-order chi connectivity index (χ0) is 20.7. The Morgan fingerprint density at radius 1 is 0.931 bits per heavy atom. The SMILES string of the molecule is CCOc1ccc(S(=O)(=O)NN=Cc2ccc(N(C)c3ccccc3)cc2)cc1. The smallest absolute Gasteiger partial charge is 0.276 e. The highest BCUT2D eigenvalue weighted by atomic mass is 32.2. The number of anilines is 2. The van der Waals surface area contributed by atoms with Gasteiger partial charge >= 0.3 is 0 Å². The molecule has 0 saturated heterocycles. The number of ether oxygens (including phenoxy) is 1. The highest BCUT2D eigenvalue weighted by Crippen LogP contribution is 2.23. The molecule has 0 unspecified atom stereocenters. The van der Waals surface area contributed by atoms with E-state index < -0.39 is 10.0 Å². The molecule has 0 bridgehead atoms. The van der Waals surface area contributed by atoms with Crippen LogP contribution in [0.5, 0.6) is 5.75 Å². The second-order valence-electron chi connectivity index (χ2n) is 6.24. The highest BCUT2D eigenvalue weighted by Gasteiger charge is 2.12. The van der Waals surface area contributed by atoms with Gasteiger partial charge in [0.15, 0.2) is 0 Å². The molecule has 3 aromatic rings. The van der Waals surface area contributed by atoms with Crippen LogP contribution in [-0.4, -0.2) is 28.3 Å². The van der Waals surface area contributed by atoms with Crippen molar-refractivity contribution < 1.29 is 13.2 Å². The third-order valence-corrected chi connectivity index (χ3v) is 5.49. The molecule has 29 heavy (non-hydrogen) atoms. The molecule has 3 rings (SSSR count). The van der Waals surface area contributed by atoms with Gasteiger partial charge in [-0.1, -0.05) is 30.3 Å². The number of hydrogen-bond acceptors (Lipinski definition) is 5. The van der Waals surface area contributed by atoms with Gasteiger partial charge in [0.2, 0.25) is 0 Å². The number of hydrazone groups is 1. The molecule has 7 heteroatoms. The lowest BCUT2D eigenvalue weighted by atomic mass is 10.2. The fourth-order valence-corrected chi connectivity index (χ4v) is 3.48. The first kappa shape index (κ1) is 20.4. The second kappa shape index (κ2) is 9.25. The van der Waals surface area contributed by atoms with Crippen LogP contribution in [0.3, 0.4) is 0 Å². The van der Waals surface area contributed by atoms with Gasteiger partial charge < -0.3 is 9.64 Å². The van der Waals surface area contributed by atoms with Crippen LogP contribution in [0.2, 0.25) is 0 Å². The number of benzene rings is 3. The molecule has 6 nitrogen and oxygen atoms in total. The van der Waals surface area contributed by atoms with Gasteiger partial charge in [-0.05, 0) is 61.0 Å². The molecule has 1 N–H and O–H groups in total. The van der Waals surface area contributed by atoms with Gasteiger partial charge in [-0.2, -0.15) is 13.5 Å². The molecular weight excluding hydrogens is 386 g/mol. The summed E-state index contributed by atoms with van der Waals surface area (Å²) in [6.45, 7) is 2.39. The van der Waals surface area contributed by atoms with Crippen molar-refractivity contribution in [3.8, 4) is 5.75 Å². The van der Waals surface area contributed by atoms with Gasteiger partial charge in [0.05, 0.1) is 17.7 Å². The number of nitrogens with zero attached hydrogens (tertiary/aromatic N) is 2. The maximum atomic E-state index is 12.3. The van der Waals surface area contributed by atoms with Crippen LogP contribution >= 0.6 is 0 Å². The van der Waals surface area contributed by atoms with E-state index in [0.29, 0.717) is 12.4 Å². The summed E-state index contributed by atoms with van der Waals surface area (Å²) in [4.78, 5) is 4.42. The van der Waals surface area contributed by atoms with E-state index >= 15 is 0 Å². The van der Waals surface area contributed by atoms with Gasteiger partial charge in [-0.15, -0.1) is 0 Å². The minimum Gasteiger partial charge on any atom is -0.494 e. The quantitative estimate of drug-likeness (QED) is 0.448. The van der Waals surface area contributed by atoms with E-state index in [9.17, 15) is 8.42 Å². The summed E-state index contributed by atoms with van der Waals surface area (Å²) >= 11 is 0. The molecule has 0 fully saturated rings. The van der Waals surface area contributed by atoms with E-state index in [1.807, 2.05) is 68.6 Å². The predicted octanol–water partition coefficient (Wildman–Crippen LogP) is 4.17. The number of para-hydroxylation sites is 1. The van der Waals surface area contributed by atoms with Crippen LogP contribution in [0.25, 0.3) is 0 Å². The molecule has 0 heterocycles. The molecule has 0 aliphatic heterocycles. The fourth-order valence-electron chi connectivity index (χ4n) is 2.69. The molecule has 0 spiro atoms. The Bertz CT molecular complexity index is 1050. The van der Waals surface area contributed by atoms with Crippen LogP contribution in [0.15, 0.2) is 88.9 Å². The molecule has 0 atom stereocenters. The second-order valence-corrected chi connectivity index (χ2v) is 7.90. The monoisotopic (exact) mass is 409 g/mol. The first-order valence-electron chi connectivity index (χ1n) is 9.16. The summed E-state index contributed by atoms with van der Waals surface area (Å²) in [6.07, 6.45) is 1.47. The molecular formula is C22H23N3O3S. The fraction of sp³-hybridized carbons (Fsp3) is 0.136. The summed E-state index contributed by atoms with van der Waals surface area (Å²) in [5.74, 6) is 0.621. The van der Waals surface area contributed by atoms with Gasteiger partial charge in [0.25, 0.3) is 10.0 Å². The lowest BCUT2D eigenvalue weighted by Crippen LogP contribution is -2.18. The molecule has 3 aromatic carbocycles. The minimum atomic E-state index is -3.73. The van der Waals surface area contributed by atoms with Crippen molar-refractivity contribution in [2.75, 3.05) is 18.6 Å². The Hall–Kier alpha value is -3.32. The van der Waals surface area contributed by atoms with Crippen molar-refractivity contribution in [2.24, 2.45) is 5.10 Å². The Morgan fingerprint density at radius 3 is 2.17 bits per heavy atom. The summed E-state index contributed by atoms with van der Waals surface area (Å²) in [5, 5.41) is 3.87. The van der Waals surface area contributed by atoms with Crippen molar-refractivity contribution in [1.82, 2.24) is 4.83 Å². The van der Waals surface area contributed by atoms with Crippen LogP contribution in [0.1, 0.15) is 12.5 Å². The molecule has 0 aliphatic carbocycles. The Labute approximate surface area is 171 Å². The Balaban J connectivity index is 1.64. The maximum absolute atomic E-state index is 12.3.